The standard InChI is InChI=1S/C11H22N2/c1-4-9(3)10-6-5-8(2)7-11(12)13-10/h8-10H,4-7H2,1-3H3,(H2,12,13)/t8-,9?,10+/m1/s1. The molecule has 0 aliphatic carbocycles. The molecule has 0 aromatic carbocycles. The summed E-state index contributed by atoms with van der Waals surface area (Å²) in [6.07, 6.45) is 4.65. The first-order valence-electron chi connectivity index (χ1n) is 5.47. The number of hydrogen-bond donors (Lipinski definition) is 2. The van der Waals surface area contributed by atoms with Crippen LogP contribution in [0.1, 0.15) is 46.5 Å². The first-order valence-corrected chi connectivity index (χ1v) is 5.47. The first kappa shape index (κ1) is 10.6. The third kappa shape index (κ3) is 3.02. The van der Waals surface area contributed by atoms with Gasteiger partial charge < -0.3 is 5.32 Å². The summed E-state index contributed by atoms with van der Waals surface area (Å²) in [5.41, 5.74) is 0. The lowest BCUT2D eigenvalue weighted by molar-refractivity contribution is 0.375. The van der Waals surface area contributed by atoms with E-state index in [1.165, 1.54) is 19.3 Å². The molecule has 1 unspecified atom stereocenters. The van der Waals surface area contributed by atoms with Gasteiger partial charge in [0.25, 0.3) is 0 Å². The summed E-state index contributed by atoms with van der Waals surface area (Å²) in [6, 6.07) is 0.544. The molecule has 0 bridgehead atoms. The molecule has 3 atom stereocenters. The van der Waals surface area contributed by atoms with Crippen LogP contribution in [0.3, 0.4) is 0 Å². The minimum atomic E-state index is 0.544. The molecule has 0 aromatic heterocycles. The first-order chi connectivity index (χ1) is 6.13. The highest BCUT2D eigenvalue weighted by Crippen LogP contribution is 2.21. The van der Waals surface area contributed by atoms with Gasteiger partial charge in [-0.15, -0.1) is 0 Å². The molecule has 1 heterocycles. The van der Waals surface area contributed by atoms with Crippen LogP contribution < -0.4 is 5.32 Å². The fourth-order valence-corrected chi connectivity index (χ4v) is 1.98. The topological polar surface area (TPSA) is 35.9 Å². The average molecular weight is 182 g/mol. The maximum Gasteiger partial charge on any atom is 0.0936 e. The highest BCUT2D eigenvalue weighted by molar-refractivity contribution is 5.79. The smallest absolute Gasteiger partial charge is 0.0936 e. The lowest BCUT2D eigenvalue weighted by Crippen LogP contribution is -2.37. The van der Waals surface area contributed by atoms with Crippen LogP contribution in [-0.4, -0.2) is 11.9 Å². The van der Waals surface area contributed by atoms with E-state index in [0.717, 1.165) is 12.3 Å². The summed E-state index contributed by atoms with van der Waals surface area (Å²) in [5.74, 6) is 2.13. The fourth-order valence-electron chi connectivity index (χ4n) is 1.98. The van der Waals surface area contributed by atoms with Crippen molar-refractivity contribution in [3.8, 4) is 0 Å². The molecule has 0 amide bonds. The minimum absolute atomic E-state index is 0.544. The Balaban J connectivity index is 2.52. The lowest BCUT2D eigenvalue weighted by atomic mass is 9.93. The maximum atomic E-state index is 7.75. The maximum absolute atomic E-state index is 7.75. The third-order valence-electron chi connectivity index (χ3n) is 3.21. The van der Waals surface area contributed by atoms with Crippen molar-refractivity contribution < 1.29 is 0 Å². The van der Waals surface area contributed by atoms with Crippen LogP contribution in [0.2, 0.25) is 0 Å². The summed E-state index contributed by atoms with van der Waals surface area (Å²) in [7, 11) is 0. The molecule has 1 aliphatic rings. The van der Waals surface area contributed by atoms with Gasteiger partial charge in [-0.3, -0.25) is 5.41 Å². The zero-order chi connectivity index (χ0) is 9.84. The van der Waals surface area contributed by atoms with Crippen molar-refractivity contribution in [1.29, 1.82) is 5.41 Å². The van der Waals surface area contributed by atoms with Gasteiger partial charge in [0.2, 0.25) is 0 Å². The molecule has 0 radical (unpaired) electrons. The van der Waals surface area contributed by atoms with E-state index in [1.807, 2.05) is 0 Å². The summed E-state index contributed by atoms with van der Waals surface area (Å²) in [6.45, 7) is 6.75. The Morgan fingerprint density at radius 2 is 2.23 bits per heavy atom. The van der Waals surface area contributed by atoms with Crippen molar-refractivity contribution in [1.82, 2.24) is 5.32 Å². The van der Waals surface area contributed by atoms with Crippen LogP contribution in [0.25, 0.3) is 0 Å². The Hall–Kier alpha value is -0.530. The predicted octanol–water partition coefficient (Wildman–Crippen LogP) is 2.79. The molecule has 13 heavy (non-hydrogen) atoms. The Kier molecular flexibility index (Phi) is 3.76. The van der Waals surface area contributed by atoms with E-state index in [0.29, 0.717) is 17.9 Å². The SMILES string of the molecule is CCC(C)[C@@H]1CC[C@@H](C)CC(=N)N1. The van der Waals surface area contributed by atoms with Crippen LogP contribution in [0, 0.1) is 17.2 Å². The Morgan fingerprint density at radius 3 is 2.85 bits per heavy atom. The lowest BCUT2D eigenvalue weighted by Gasteiger charge is -2.22. The molecule has 1 rings (SSSR count). The van der Waals surface area contributed by atoms with Gasteiger partial charge in [0.15, 0.2) is 0 Å². The van der Waals surface area contributed by atoms with Gasteiger partial charge in [-0.1, -0.05) is 27.2 Å². The largest absolute Gasteiger partial charge is 0.371 e. The van der Waals surface area contributed by atoms with E-state index in [-0.39, 0.29) is 0 Å². The highest BCUT2D eigenvalue weighted by atomic mass is 15.0. The van der Waals surface area contributed by atoms with E-state index in [2.05, 4.69) is 26.1 Å². The van der Waals surface area contributed by atoms with Gasteiger partial charge in [0.05, 0.1) is 5.84 Å². The van der Waals surface area contributed by atoms with Crippen LogP contribution in [0.4, 0.5) is 0 Å². The van der Waals surface area contributed by atoms with Crippen molar-refractivity contribution in [2.75, 3.05) is 0 Å². The number of rotatable bonds is 2. The predicted molar refractivity (Wildman–Crippen MR) is 57.1 cm³/mol. The third-order valence-corrected chi connectivity index (χ3v) is 3.21. The van der Waals surface area contributed by atoms with Crippen LogP contribution in [0.5, 0.6) is 0 Å². The number of hydrogen-bond acceptors (Lipinski definition) is 1. The summed E-state index contributed by atoms with van der Waals surface area (Å²) >= 11 is 0. The van der Waals surface area contributed by atoms with E-state index < -0.39 is 0 Å². The van der Waals surface area contributed by atoms with Crippen molar-refractivity contribution in [3.63, 3.8) is 0 Å². The summed E-state index contributed by atoms with van der Waals surface area (Å²) < 4.78 is 0. The highest BCUT2D eigenvalue weighted by Gasteiger charge is 2.21. The van der Waals surface area contributed by atoms with Gasteiger partial charge in [-0.25, -0.2) is 0 Å². The van der Waals surface area contributed by atoms with Crippen molar-refractivity contribution in [2.45, 2.75) is 52.5 Å². The molecular weight excluding hydrogens is 160 g/mol. The summed E-state index contributed by atoms with van der Waals surface area (Å²) in [4.78, 5) is 0. The summed E-state index contributed by atoms with van der Waals surface area (Å²) in [5, 5.41) is 11.1. The molecule has 0 spiro atoms. The molecule has 0 aromatic rings. The molecule has 1 aliphatic heterocycles. The van der Waals surface area contributed by atoms with E-state index in [4.69, 9.17) is 5.41 Å². The Labute approximate surface area is 81.6 Å². The van der Waals surface area contributed by atoms with Crippen molar-refractivity contribution >= 4 is 5.84 Å². The quantitative estimate of drug-likeness (QED) is 0.677. The second-order valence-corrected chi connectivity index (χ2v) is 4.50. The second-order valence-electron chi connectivity index (χ2n) is 4.50. The minimum Gasteiger partial charge on any atom is -0.371 e. The molecule has 2 heteroatoms. The molecule has 0 saturated carbocycles. The monoisotopic (exact) mass is 182 g/mol. The van der Waals surface area contributed by atoms with Gasteiger partial charge in [0, 0.05) is 12.5 Å². The Bertz CT molecular complexity index is 177. The van der Waals surface area contributed by atoms with Gasteiger partial charge in [-0.05, 0) is 24.7 Å². The molecule has 1 saturated heterocycles. The van der Waals surface area contributed by atoms with Gasteiger partial charge in [0.1, 0.15) is 0 Å². The van der Waals surface area contributed by atoms with Crippen molar-refractivity contribution in [3.05, 3.63) is 0 Å². The van der Waals surface area contributed by atoms with E-state index >= 15 is 0 Å². The van der Waals surface area contributed by atoms with Gasteiger partial charge in [-0.2, -0.15) is 0 Å². The normalized spacial score (nSPS) is 32.1. The average Bonchev–Trinajstić information content (AvgIpc) is 2.25. The molecule has 76 valence electrons. The van der Waals surface area contributed by atoms with Crippen molar-refractivity contribution in [2.24, 2.45) is 11.8 Å². The van der Waals surface area contributed by atoms with Crippen LogP contribution in [-0.2, 0) is 0 Å². The number of nitrogens with one attached hydrogen (secondary N) is 2. The molecule has 2 nitrogen and oxygen atoms in total. The molecule has 2 N–H and O–H groups in total. The van der Waals surface area contributed by atoms with E-state index in [1.54, 1.807) is 0 Å². The Morgan fingerprint density at radius 1 is 1.54 bits per heavy atom. The fraction of sp³-hybridized carbons (Fsp3) is 0.909. The second kappa shape index (κ2) is 4.64. The van der Waals surface area contributed by atoms with Crippen LogP contribution in [0.15, 0.2) is 0 Å². The van der Waals surface area contributed by atoms with Crippen LogP contribution >= 0.6 is 0 Å². The van der Waals surface area contributed by atoms with E-state index in [9.17, 15) is 0 Å². The van der Waals surface area contributed by atoms with Gasteiger partial charge >= 0.3 is 0 Å². The number of amidine groups is 1. The zero-order valence-electron chi connectivity index (χ0n) is 9.06. The molecular formula is C11H22N2. The zero-order valence-corrected chi connectivity index (χ0v) is 9.06. The molecule has 1 fully saturated rings.